The number of hydrogen-bond acceptors (Lipinski definition) is 3. The molecule has 0 unspecified atom stereocenters. The van der Waals surface area contributed by atoms with Gasteiger partial charge in [0.15, 0.2) is 0 Å². The van der Waals surface area contributed by atoms with Gasteiger partial charge in [0.05, 0.1) is 0 Å². The molecule has 1 aliphatic rings. The maximum atomic E-state index is 12.5. The minimum Gasteiger partial charge on any atom is -0.368 e. The lowest BCUT2D eigenvalue weighted by Gasteiger charge is -2.36. The van der Waals surface area contributed by atoms with Crippen LogP contribution in [-0.2, 0) is 0 Å². The molecule has 2 aromatic rings. The van der Waals surface area contributed by atoms with E-state index in [1.165, 1.54) is 0 Å². The molecule has 0 aliphatic carbocycles. The van der Waals surface area contributed by atoms with Gasteiger partial charge >= 0.3 is 0 Å². The fourth-order valence-corrected chi connectivity index (χ4v) is 2.89. The highest BCUT2D eigenvalue weighted by molar-refractivity contribution is 5.94. The fraction of sp³-hybridized carbons (Fsp3) is 0.263. The number of hydrogen-bond donors (Lipinski definition) is 0. The largest absolute Gasteiger partial charge is 0.368 e. The van der Waals surface area contributed by atoms with Crippen LogP contribution in [0.3, 0.4) is 0 Å². The molecule has 2 aromatic carbocycles. The van der Waals surface area contributed by atoms with Gasteiger partial charge in [-0.15, -0.1) is 0 Å². The van der Waals surface area contributed by atoms with Crippen LogP contribution in [0.15, 0.2) is 48.5 Å². The minimum absolute atomic E-state index is 0.102. The molecular weight excluding hydrogens is 288 g/mol. The number of aryl methyl sites for hydroxylation is 1. The Morgan fingerprint density at radius 1 is 1.00 bits per heavy atom. The Hall–Kier alpha value is -2.62. The van der Waals surface area contributed by atoms with Crippen molar-refractivity contribution >= 4 is 17.9 Å². The van der Waals surface area contributed by atoms with Crippen LogP contribution in [0.25, 0.3) is 0 Å². The standard InChI is InChI=1S/C19H20N2O2/c1-15-3-2-4-17(13-15)19(23)21-11-9-20(10-12-21)18-7-5-16(14-22)6-8-18/h2-8,13-14H,9-12H2,1H3. The van der Waals surface area contributed by atoms with E-state index in [0.717, 1.165) is 36.2 Å². The molecule has 3 rings (SSSR count). The molecule has 0 spiro atoms. The van der Waals surface area contributed by atoms with E-state index in [2.05, 4.69) is 4.90 Å². The molecular formula is C19H20N2O2. The average Bonchev–Trinajstić information content (AvgIpc) is 2.61. The first-order valence-corrected chi connectivity index (χ1v) is 7.83. The Labute approximate surface area is 136 Å². The first-order chi connectivity index (χ1) is 11.2. The number of piperazine rings is 1. The summed E-state index contributed by atoms with van der Waals surface area (Å²) in [7, 11) is 0. The number of aldehydes is 1. The third-order valence-corrected chi connectivity index (χ3v) is 4.23. The van der Waals surface area contributed by atoms with Gasteiger partial charge in [0.25, 0.3) is 5.91 Å². The Bertz CT molecular complexity index is 702. The van der Waals surface area contributed by atoms with Crippen molar-refractivity contribution in [3.63, 3.8) is 0 Å². The van der Waals surface area contributed by atoms with Gasteiger partial charge in [-0.25, -0.2) is 0 Å². The molecule has 1 aliphatic heterocycles. The molecule has 0 N–H and O–H groups in total. The minimum atomic E-state index is 0.102. The second-order valence-corrected chi connectivity index (χ2v) is 5.86. The highest BCUT2D eigenvalue weighted by Gasteiger charge is 2.22. The number of anilines is 1. The van der Waals surface area contributed by atoms with E-state index in [1.54, 1.807) is 0 Å². The van der Waals surface area contributed by atoms with Crippen LogP contribution in [0, 0.1) is 6.92 Å². The summed E-state index contributed by atoms with van der Waals surface area (Å²) in [5, 5.41) is 0. The molecule has 0 bridgehead atoms. The summed E-state index contributed by atoms with van der Waals surface area (Å²) in [5.41, 5.74) is 3.64. The van der Waals surface area contributed by atoms with Crippen LogP contribution >= 0.6 is 0 Å². The Balaban J connectivity index is 1.63. The number of benzene rings is 2. The van der Waals surface area contributed by atoms with Gasteiger partial charge in [0.1, 0.15) is 6.29 Å². The van der Waals surface area contributed by atoms with E-state index in [1.807, 2.05) is 60.4 Å². The number of nitrogens with zero attached hydrogens (tertiary/aromatic N) is 2. The average molecular weight is 308 g/mol. The molecule has 4 heteroatoms. The van der Waals surface area contributed by atoms with E-state index in [9.17, 15) is 9.59 Å². The summed E-state index contributed by atoms with van der Waals surface area (Å²) >= 11 is 0. The molecule has 0 atom stereocenters. The summed E-state index contributed by atoms with van der Waals surface area (Å²) in [6.45, 7) is 5.03. The molecule has 1 amide bonds. The lowest BCUT2D eigenvalue weighted by atomic mass is 10.1. The van der Waals surface area contributed by atoms with E-state index in [-0.39, 0.29) is 5.91 Å². The molecule has 1 heterocycles. The molecule has 23 heavy (non-hydrogen) atoms. The van der Waals surface area contributed by atoms with Crippen molar-refractivity contribution in [3.05, 3.63) is 65.2 Å². The molecule has 0 aromatic heterocycles. The quantitative estimate of drug-likeness (QED) is 0.819. The topological polar surface area (TPSA) is 40.6 Å². The van der Waals surface area contributed by atoms with Crippen molar-refractivity contribution in [3.8, 4) is 0 Å². The van der Waals surface area contributed by atoms with Gasteiger partial charge in [-0.1, -0.05) is 17.7 Å². The van der Waals surface area contributed by atoms with Crippen LogP contribution in [-0.4, -0.2) is 43.3 Å². The van der Waals surface area contributed by atoms with Crippen LogP contribution in [0.4, 0.5) is 5.69 Å². The molecule has 0 saturated carbocycles. The number of carbonyl (C=O) groups excluding carboxylic acids is 2. The zero-order valence-electron chi connectivity index (χ0n) is 13.2. The van der Waals surface area contributed by atoms with Gasteiger partial charge < -0.3 is 9.80 Å². The summed E-state index contributed by atoms with van der Waals surface area (Å²) < 4.78 is 0. The number of amides is 1. The molecule has 118 valence electrons. The van der Waals surface area contributed by atoms with E-state index in [0.29, 0.717) is 18.7 Å². The summed E-state index contributed by atoms with van der Waals surface area (Å²) in [4.78, 5) is 27.4. The van der Waals surface area contributed by atoms with Gasteiger partial charge in [0.2, 0.25) is 0 Å². The molecule has 0 radical (unpaired) electrons. The summed E-state index contributed by atoms with van der Waals surface area (Å²) in [6, 6.07) is 15.3. The van der Waals surface area contributed by atoms with Crippen molar-refractivity contribution in [1.82, 2.24) is 4.90 Å². The maximum absolute atomic E-state index is 12.5. The van der Waals surface area contributed by atoms with Crippen LogP contribution in [0.2, 0.25) is 0 Å². The van der Waals surface area contributed by atoms with Crippen molar-refractivity contribution < 1.29 is 9.59 Å². The third kappa shape index (κ3) is 3.42. The maximum Gasteiger partial charge on any atom is 0.253 e. The highest BCUT2D eigenvalue weighted by Crippen LogP contribution is 2.18. The van der Waals surface area contributed by atoms with E-state index >= 15 is 0 Å². The Morgan fingerprint density at radius 3 is 2.30 bits per heavy atom. The van der Waals surface area contributed by atoms with Crippen LogP contribution < -0.4 is 4.90 Å². The summed E-state index contributed by atoms with van der Waals surface area (Å²) in [6.07, 6.45) is 0.849. The first-order valence-electron chi connectivity index (χ1n) is 7.83. The van der Waals surface area contributed by atoms with Crippen molar-refractivity contribution in [2.45, 2.75) is 6.92 Å². The van der Waals surface area contributed by atoms with Gasteiger partial charge in [-0.05, 0) is 43.3 Å². The van der Waals surface area contributed by atoms with Crippen LogP contribution in [0.1, 0.15) is 26.3 Å². The van der Waals surface area contributed by atoms with Crippen molar-refractivity contribution in [1.29, 1.82) is 0 Å². The van der Waals surface area contributed by atoms with Gasteiger partial charge in [-0.3, -0.25) is 9.59 Å². The highest BCUT2D eigenvalue weighted by atomic mass is 16.2. The zero-order chi connectivity index (χ0) is 16.2. The van der Waals surface area contributed by atoms with E-state index in [4.69, 9.17) is 0 Å². The normalized spacial score (nSPS) is 14.7. The predicted molar refractivity (Wildman–Crippen MR) is 91.1 cm³/mol. The second-order valence-electron chi connectivity index (χ2n) is 5.86. The van der Waals surface area contributed by atoms with Gasteiger partial charge in [-0.2, -0.15) is 0 Å². The smallest absolute Gasteiger partial charge is 0.253 e. The molecule has 1 saturated heterocycles. The number of rotatable bonds is 3. The predicted octanol–water partition coefficient (Wildman–Crippen LogP) is 2.77. The lowest BCUT2D eigenvalue weighted by Crippen LogP contribution is -2.48. The number of carbonyl (C=O) groups is 2. The fourth-order valence-electron chi connectivity index (χ4n) is 2.89. The van der Waals surface area contributed by atoms with E-state index < -0.39 is 0 Å². The van der Waals surface area contributed by atoms with Crippen molar-refractivity contribution in [2.75, 3.05) is 31.1 Å². The van der Waals surface area contributed by atoms with Crippen molar-refractivity contribution in [2.24, 2.45) is 0 Å². The van der Waals surface area contributed by atoms with Crippen LogP contribution in [0.5, 0.6) is 0 Å². The SMILES string of the molecule is Cc1cccc(C(=O)N2CCN(c3ccc(C=O)cc3)CC2)c1. The first kappa shape index (κ1) is 15.3. The monoisotopic (exact) mass is 308 g/mol. The lowest BCUT2D eigenvalue weighted by molar-refractivity contribution is 0.0746. The Morgan fingerprint density at radius 2 is 1.70 bits per heavy atom. The molecule has 1 fully saturated rings. The second kappa shape index (κ2) is 6.65. The molecule has 4 nitrogen and oxygen atoms in total. The third-order valence-electron chi connectivity index (χ3n) is 4.23. The van der Waals surface area contributed by atoms with Gasteiger partial charge in [0, 0.05) is 43.0 Å². The Kier molecular flexibility index (Phi) is 4.42. The summed E-state index contributed by atoms with van der Waals surface area (Å²) in [5.74, 6) is 0.102. The zero-order valence-corrected chi connectivity index (χ0v) is 13.2.